The number of anilines is 1. The van der Waals surface area contributed by atoms with Crippen LogP contribution in [0.15, 0.2) is 24.3 Å². The summed E-state index contributed by atoms with van der Waals surface area (Å²) in [6.45, 7) is 3.92. The van der Waals surface area contributed by atoms with Crippen molar-refractivity contribution in [2.24, 2.45) is 0 Å². The fraction of sp³-hybridized carbons (Fsp3) is 0.600. The van der Waals surface area contributed by atoms with Gasteiger partial charge < -0.3 is 9.80 Å². The largest absolute Gasteiger partial charge is 0.378 e. The molecule has 0 saturated carbocycles. The van der Waals surface area contributed by atoms with Crippen molar-refractivity contribution in [1.82, 2.24) is 0 Å². The monoisotopic (exact) mass is 233 g/mol. The minimum absolute atomic E-state index is 1.20. The van der Waals surface area contributed by atoms with Crippen LogP contribution in [0, 0.1) is 0 Å². The predicted molar refractivity (Wildman–Crippen MR) is 73.6 cm³/mol. The minimum atomic E-state index is 1.20. The molecule has 2 rings (SSSR count). The number of rotatable bonds is 3. The van der Waals surface area contributed by atoms with Gasteiger partial charge in [-0.15, -0.1) is 0 Å². The van der Waals surface area contributed by atoms with Crippen molar-refractivity contribution < 1.29 is 4.90 Å². The van der Waals surface area contributed by atoms with Gasteiger partial charge in [0.1, 0.15) is 6.54 Å². The highest BCUT2D eigenvalue weighted by Crippen LogP contribution is 2.11. The van der Waals surface area contributed by atoms with Crippen molar-refractivity contribution >= 4 is 5.69 Å². The van der Waals surface area contributed by atoms with E-state index in [4.69, 9.17) is 0 Å². The highest BCUT2D eigenvalue weighted by atomic mass is 15.1. The molecule has 94 valence electrons. The summed E-state index contributed by atoms with van der Waals surface area (Å²) in [5.74, 6) is 0. The molecule has 1 aliphatic heterocycles. The zero-order chi connectivity index (χ0) is 12.1. The van der Waals surface area contributed by atoms with E-state index in [0.717, 1.165) is 0 Å². The first-order valence-corrected chi connectivity index (χ1v) is 6.85. The van der Waals surface area contributed by atoms with Crippen molar-refractivity contribution in [3.8, 4) is 0 Å². The van der Waals surface area contributed by atoms with Crippen LogP contribution in [0.4, 0.5) is 5.69 Å². The first-order valence-electron chi connectivity index (χ1n) is 6.85. The van der Waals surface area contributed by atoms with E-state index in [1.54, 1.807) is 4.90 Å². The maximum Gasteiger partial charge on any atom is 0.103 e. The molecule has 0 bridgehead atoms. The van der Waals surface area contributed by atoms with E-state index in [-0.39, 0.29) is 0 Å². The molecule has 1 aliphatic rings. The Balaban J connectivity index is 1.93. The maximum absolute atomic E-state index is 2.28. The van der Waals surface area contributed by atoms with E-state index < -0.39 is 0 Å². The van der Waals surface area contributed by atoms with Crippen LogP contribution >= 0.6 is 0 Å². The number of hydrogen-bond acceptors (Lipinski definition) is 1. The summed E-state index contributed by atoms with van der Waals surface area (Å²) >= 11 is 0. The van der Waals surface area contributed by atoms with Crippen LogP contribution in [-0.2, 0) is 6.54 Å². The number of benzene rings is 1. The fourth-order valence-electron chi connectivity index (χ4n) is 2.61. The zero-order valence-corrected chi connectivity index (χ0v) is 11.2. The molecule has 17 heavy (non-hydrogen) atoms. The van der Waals surface area contributed by atoms with E-state index in [0.29, 0.717) is 0 Å². The van der Waals surface area contributed by atoms with Crippen molar-refractivity contribution in [3.63, 3.8) is 0 Å². The molecule has 0 aliphatic carbocycles. The van der Waals surface area contributed by atoms with Gasteiger partial charge in [-0.1, -0.05) is 12.1 Å². The van der Waals surface area contributed by atoms with E-state index in [1.807, 2.05) is 0 Å². The summed E-state index contributed by atoms with van der Waals surface area (Å²) in [5, 5.41) is 0. The Morgan fingerprint density at radius 2 is 1.53 bits per heavy atom. The molecular weight excluding hydrogens is 208 g/mol. The van der Waals surface area contributed by atoms with Crippen LogP contribution in [0.2, 0.25) is 0 Å². The summed E-state index contributed by atoms with van der Waals surface area (Å²) in [6.07, 6.45) is 5.68. The summed E-state index contributed by atoms with van der Waals surface area (Å²) in [7, 11) is 4.18. The molecule has 0 atom stereocenters. The van der Waals surface area contributed by atoms with Gasteiger partial charge >= 0.3 is 0 Å². The van der Waals surface area contributed by atoms with Crippen LogP contribution in [0.25, 0.3) is 0 Å². The van der Waals surface area contributed by atoms with Crippen LogP contribution in [0.3, 0.4) is 0 Å². The lowest BCUT2D eigenvalue weighted by molar-refractivity contribution is -0.913. The Labute approximate surface area is 105 Å². The molecule has 1 aromatic carbocycles. The van der Waals surface area contributed by atoms with Gasteiger partial charge in [0.25, 0.3) is 0 Å². The number of nitrogens with one attached hydrogen (secondary N) is 1. The van der Waals surface area contributed by atoms with Crippen LogP contribution < -0.4 is 9.80 Å². The van der Waals surface area contributed by atoms with Gasteiger partial charge in [-0.2, -0.15) is 0 Å². The lowest BCUT2D eigenvalue weighted by Crippen LogP contribution is -3.10. The summed E-state index contributed by atoms with van der Waals surface area (Å²) in [5.41, 5.74) is 2.77. The average molecular weight is 233 g/mol. The van der Waals surface area contributed by atoms with Gasteiger partial charge in [0.2, 0.25) is 0 Å². The van der Waals surface area contributed by atoms with Crippen molar-refractivity contribution in [2.75, 3.05) is 32.1 Å². The summed E-state index contributed by atoms with van der Waals surface area (Å²) in [6, 6.07) is 9.03. The molecule has 0 unspecified atom stereocenters. The topological polar surface area (TPSA) is 7.68 Å². The third kappa shape index (κ3) is 3.74. The van der Waals surface area contributed by atoms with Gasteiger partial charge in [-0.3, -0.25) is 0 Å². The molecule has 1 N–H and O–H groups in total. The summed E-state index contributed by atoms with van der Waals surface area (Å²) in [4.78, 5) is 3.92. The van der Waals surface area contributed by atoms with Crippen molar-refractivity contribution in [2.45, 2.75) is 32.2 Å². The van der Waals surface area contributed by atoms with Crippen molar-refractivity contribution in [3.05, 3.63) is 29.8 Å². The van der Waals surface area contributed by atoms with E-state index in [2.05, 4.69) is 43.3 Å². The number of quaternary nitrogens is 1. The minimum Gasteiger partial charge on any atom is -0.378 e. The predicted octanol–water partition coefficient (Wildman–Crippen LogP) is 1.71. The van der Waals surface area contributed by atoms with Gasteiger partial charge in [0, 0.05) is 25.3 Å². The smallest absolute Gasteiger partial charge is 0.103 e. The molecule has 2 nitrogen and oxygen atoms in total. The van der Waals surface area contributed by atoms with Crippen LogP contribution in [0.5, 0.6) is 0 Å². The Bertz CT molecular complexity index is 321. The molecule has 1 fully saturated rings. The Kier molecular flexibility index (Phi) is 4.43. The molecule has 0 aromatic heterocycles. The summed E-state index contributed by atoms with van der Waals surface area (Å²) < 4.78 is 0. The lowest BCUT2D eigenvalue weighted by atomic mass is 10.2. The maximum atomic E-state index is 2.28. The first-order chi connectivity index (χ1) is 8.25. The van der Waals surface area contributed by atoms with Crippen LogP contribution in [0.1, 0.15) is 31.2 Å². The molecular formula is C15H25N2+. The Morgan fingerprint density at radius 3 is 2.06 bits per heavy atom. The fourth-order valence-corrected chi connectivity index (χ4v) is 2.61. The molecule has 1 heterocycles. The second-order valence-corrected chi connectivity index (χ2v) is 5.40. The molecule has 1 saturated heterocycles. The van der Waals surface area contributed by atoms with Crippen molar-refractivity contribution in [1.29, 1.82) is 0 Å². The number of nitrogens with zero attached hydrogens (tertiary/aromatic N) is 1. The number of likely N-dealkylation sites (tertiary alicyclic amines) is 1. The van der Waals surface area contributed by atoms with Gasteiger partial charge in [-0.05, 0) is 37.8 Å². The Morgan fingerprint density at radius 1 is 0.941 bits per heavy atom. The quantitative estimate of drug-likeness (QED) is 0.835. The Hall–Kier alpha value is -1.02. The molecule has 0 radical (unpaired) electrons. The molecule has 0 amide bonds. The first kappa shape index (κ1) is 12.4. The van der Waals surface area contributed by atoms with E-state index in [9.17, 15) is 0 Å². The standard InChI is InChI=1S/C15H24N2/c1-16(2)15-9-7-14(8-10-15)13-17-11-5-3-4-6-12-17/h7-10H,3-6,11-13H2,1-2H3/p+1. The highest BCUT2D eigenvalue weighted by molar-refractivity contribution is 5.45. The average Bonchev–Trinajstić information content (AvgIpc) is 2.58. The van der Waals surface area contributed by atoms with Gasteiger partial charge in [-0.25, -0.2) is 0 Å². The zero-order valence-electron chi connectivity index (χ0n) is 11.2. The third-order valence-corrected chi connectivity index (χ3v) is 3.72. The molecule has 1 aromatic rings. The van der Waals surface area contributed by atoms with E-state index in [1.165, 1.54) is 56.6 Å². The molecule has 2 heteroatoms. The number of hydrogen-bond donors (Lipinski definition) is 1. The van der Waals surface area contributed by atoms with Crippen LogP contribution in [-0.4, -0.2) is 27.2 Å². The van der Waals surface area contributed by atoms with E-state index >= 15 is 0 Å². The highest BCUT2D eigenvalue weighted by Gasteiger charge is 2.12. The molecule has 0 spiro atoms. The third-order valence-electron chi connectivity index (χ3n) is 3.72. The van der Waals surface area contributed by atoms with Gasteiger partial charge in [0.15, 0.2) is 0 Å². The normalized spacial score (nSPS) is 17.8. The lowest BCUT2D eigenvalue weighted by Gasteiger charge is -2.18. The SMILES string of the molecule is CN(C)c1ccc(C[NH+]2CCCCCC2)cc1. The second-order valence-electron chi connectivity index (χ2n) is 5.40. The van der Waals surface area contributed by atoms with Gasteiger partial charge in [0.05, 0.1) is 13.1 Å². The second kappa shape index (κ2) is 6.06.